The molecule has 1 atom stereocenters. The molecule has 0 saturated carbocycles. The molecule has 0 aliphatic rings. The average Bonchev–Trinajstić information content (AvgIpc) is 3.25. The van der Waals surface area contributed by atoms with Gasteiger partial charge in [-0.3, -0.25) is 4.79 Å². The van der Waals surface area contributed by atoms with Crippen LogP contribution in [0.1, 0.15) is 21.3 Å². The Morgan fingerprint density at radius 1 is 1.30 bits per heavy atom. The molecular formula is C15H15N3O3S2. The Kier molecular flexibility index (Phi) is 5.29. The number of fused-ring (bicyclic) bond motifs is 1. The molecule has 2 N–H and O–H groups in total. The lowest BCUT2D eigenvalue weighted by molar-refractivity contribution is 0.0296. The Labute approximate surface area is 141 Å². The molecule has 6 nitrogen and oxygen atoms in total. The molecule has 0 aliphatic heterocycles. The monoisotopic (exact) mass is 349 g/mol. The highest BCUT2D eigenvalue weighted by Crippen LogP contribution is 2.22. The van der Waals surface area contributed by atoms with Crippen molar-refractivity contribution in [2.24, 2.45) is 0 Å². The van der Waals surface area contributed by atoms with Gasteiger partial charge in [-0.1, -0.05) is 6.07 Å². The molecule has 0 saturated heterocycles. The van der Waals surface area contributed by atoms with Crippen molar-refractivity contribution in [3.63, 3.8) is 0 Å². The Morgan fingerprint density at radius 3 is 2.96 bits per heavy atom. The molecule has 23 heavy (non-hydrogen) atoms. The van der Waals surface area contributed by atoms with E-state index < -0.39 is 0 Å². The molecule has 2 aromatic heterocycles. The van der Waals surface area contributed by atoms with Crippen LogP contribution < -0.4 is 5.32 Å². The summed E-state index contributed by atoms with van der Waals surface area (Å²) in [6.45, 7) is 0.519. The Balaban J connectivity index is 1.65. The van der Waals surface area contributed by atoms with Gasteiger partial charge in [-0.2, -0.15) is 8.75 Å². The minimum Gasteiger partial charge on any atom is -0.394 e. The van der Waals surface area contributed by atoms with Crippen molar-refractivity contribution in [3.05, 3.63) is 46.2 Å². The van der Waals surface area contributed by atoms with Crippen LogP contribution in [0.15, 0.2) is 35.7 Å². The number of aromatic nitrogens is 2. The molecule has 3 rings (SSSR count). The lowest BCUT2D eigenvalue weighted by Crippen LogP contribution is -2.29. The minimum atomic E-state index is -0.268. The summed E-state index contributed by atoms with van der Waals surface area (Å²) < 4.78 is 13.9. The molecule has 120 valence electrons. The number of aliphatic hydroxyl groups excluding tert-OH is 1. The third-order valence-electron chi connectivity index (χ3n) is 3.23. The lowest BCUT2D eigenvalue weighted by Gasteiger charge is -2.16. The molecule has 0 fully saturated rings. The van der Waals surface area contributed by atoms with Gasteiger partial charge in [-0.15, -0.1) is 11.3 Å². The van der Waals surface area contributed by atoms with Crippen molar-refractivity contribution in [2.45, 2.75) is 6.10 Å². The van der Waals surface area contributed by atoms with Crippen LogP contribution >= 0.6 is 23.1 Å². The number of carbonyl (C=O) groups is 1. The fourth-order valence-electron chi connectivity index (χ4n) is 2.12. The van der Waals surface area contributed by atoms with Gasteiger partial charge in [0.15, 0.2) is 0 Å². The normalized spacial score (nSPS) is 12.4. The highest BCUT2D eigenvalue weighted by Gasteiger charge is 2.15. The van der Waals surface area contributed by atoms with Crippen LogP contribution in [0.5, 0.6) is 0 Å². The van der Waals surface area contributed by atoms with Gasteiger partial charge in [-0.25, -0.2) is 0 Å². The van der Waals surface area contributed by atoms with Gasteiger partial charge in [0.2, 0.25) is 0 Å². The van der Waals surface area contributed by atoms with Crippen molar-refractivity contribution in [1.29, 1.82) is 0 Å². The highest BCUT2D eigenvalue weighted by molar-refractivity contribution is 7.10. The van der Waals surface area contributed by atoms with Crippen LogP contribution in [0.3, 0.4) is 0 Å². The maximum Gasteiger partial charge on any atom is 0.251 e. The van der Waals surface area contributed by atoms with E-state index in [1.54, 1.807) is 29.5 Å². The zero-order valence-corrected chi connectivity index (χ0v) is 13.8. The summed E-state index contributed by atoms with van der Waals surface area (Å²) in [6.07, 6.45) is -0.268. The van der Waals surface area contributed by atoms with Crippen molar-refractivity contribution in [1.82, 2.24) is 14.1 Å². The number of hydrogen-bond acceptors (Lipinski definition) is 7. The second-order valence-corrected chi connectivity index (χ2v) is 6.28. The van der Waals surface area contributed by atoms with Gasteiger partial charge >= 0.3 is 0 Å². The molecule has 0 bridgehead atoms. The number of rotatable bonds is 7. The van der Waals surface area contributed by atoms with E-state index in [9.17, 15) is 4.79 Å². The fraction of sp³-hybridized carbons (Fsp3) is 0.267. The van der Waals surface area contributed by atoms with Crippen LogP contribution in [0.25, 0.3) is 11.0 Å². The topological polar surface area (TPSA) is 84.3 Å². The van der Waals surface area contributed by atoms with Gasteiger partial charge in [0.25, 0.3) is 5.91 Å². The molecule has 3 aromatic rings. The van der Waals surface area contributed by atoms with Crippen LogP contribution in [0.4, 0.5) is 0 Å². The number of amides is 1. The predicted molar refractivity (Wildman–Crippen MR) is 89.8 cm³/mol. The number of carbonyl (C=O) groups excluding carboxylic acids is 1. The minimum absolute atomic E-state index is 0.0523. The smallest absolute Gasteiger partial charge is 0.251 e. The number of aliphatic hydroxyl groups is 1. The van der Waals surface area contributed by atoms with E-state index in [4.69, 9.17) is 9.84 Å². The zero-order valence-electron chi connectivity index (χ0n) is 12.1. The molecule has 0 radical (unpaired) electrons. The van der Waals surface area contributed by atoms with Crippen molar-refractivity contribution < 1.29 is 14.6 Å². The number of nitrogens with one attached hydrogen (secondary N) is 1. The maximum atomic E-state index is 12.3. The molecular weight excluding hydrogens is 334 g/mol. The van der Waals surface area contributed by atoms with E-state index in [-0.39, 0.29) is 25.2 Å². The molecule has 0 spiro atoms. The second kappa shape index (κ2) is 7.60. The van der Waals surface area contributed by atoms with Gasteiger partial charge < -0.3 is 15.2 Å². The molecule has 0 aliphatic carbocycles. The quantitative estimate of drug-likeness (QED) is 0.683. The van der Waals surface area contributed by atoms with E-state index in [1.165, 1.54) is 0 Å². The summed E-state index contributed by atoms with van der Waals surface area (Å²) in [5.41, 5.74) is 2.04. The Morgan fingerprint density at radius 2 is 2.17 bits per heavy atom. The zero-order chi connectivity index (χ0) is 16.1. The highest BCUT2D eigenvalue weighted by atomic mass is 32.1. The Bertz CT molecular complexity index is 773. The molecule has 1 aromatic carbocycles. The average molecular weight is 349 g/mol. The van der Waals surface area contributed by atoms with Gasteiger partial charge in [0, 0.05) is 17.0 Å². The number of ether oxygens (including phenoxy) is 1. The lowest BCUT2D eigenvalue weighted by atomic mass is 10.2. The first kappa shape index (κ1) is 16.0. The first-order valence-electron chi connectivity index (χ1n) is 7.04. The van der Waals surface area contributed by atoms with Crippen molar-refractivity contribution in [3.8, 4) is 0 Å². The summed E-state index contributed by atoms with van der Waals surface area (Å²) in [5, 5.41) is 13.8. The maximum absolute atomic E-state index is 12.3. The number of thiophene rings is 1. The van der Waals surface area contributed by atoms with E-state index in [1.807, 2.05) is 17.5 Å². The molecule has 2 heterocycles. The van der Waals surface area contributed by atoms with Gasteiger partial charge in [0.1, 0.15) is 17.1 Å². The summed E-state index contributed by atoms with van der Waals surface area (Å²) in [7, 11) is 0. The van der Waals surface area contributed by atoms with Crippen LogP contribution in [0.2, 0.25) is 0 Å². The third-order valence-corrected chi connectivity index (χ3v) is 4.76. The summed E-state index contributed by atoms with van der Waals surface area (Å²) in [5.74, 6) is -0.186. The SMILES string of the molecule is O=C(NC[C@H](OCCO)c1cccs1)c1ccc2nsnc2c1. The number of hydrogen-bond donors (Lipinski definition) is 2. The second-order valence-electron chi connectivity index (χ2n) is 4.78. The number of benzene rings is 1. The van der Waals surface area contributed by atoms with E-state index in [0.717, 1.165) is 22.1 Å². The van der Waals surface area contributed by atoms with Gasteiger partial charge in [0.05, 0.1) is 24.9 Å². The first-order valence-corrected chi connectivity index (χ1v) is 8.65. The van der Waals surface area contributed by atoms with E-state index >= 15 is 0 Å². The molecule has 8 heteroatoms. The largest absolute Gasteiger partial charge is 0.394 e. The fourth-order valence-corrected chi connectivity index (χ4v) is 3.41. The third kappa shape index (κ3) is 3.91. The Hall–Kier alpha value is -1.87. The van der Waals surface area contributed by atoms with Crippen LogP contribution in [-0.4, -0.2) is 39.5 Å². The number of nitrogens with zero attached hydrogens (tertiary/aromatic N) is 2. The molecule has 1 amide bonds. The van der Waals surface area contributed by atoms with Crippen LogP contribution in [0, 0.1) is 0 Å². The summed E-state index contributed by atoms with van der Waals surface area (Å²) >= 11 is 2.68. The summed E-state index contributed by atoms with van der Waals surface area (Å²) in [6, 6.07) is 9.12. The predicted octanol–water partition coefficient (Wildman–Crippen LogP) is 2.23. The standard InChI is InChI=1S/C15H15N3O3S2/c19-5-6-21-13(14-2-1-7-22-14)9-16-15(20)10-3-4-11-12(8-10)18-23-17-11/h1-4,7-8,13,19H,5-6,9H2,(H,16,20)/t13-/m0/s1. The summed E-state index contributed by atoms with van der Waals surface area (Å²) in [4.78, 5) is 13.3. The van der Waals surface area contributed by atoms with Gasteiger partial charge in [-0.05, 0) is 29.6 Å². The van der Waals surface area contributed by atoms with Crippen molar-refractivity contribution >= 4 is 40.0 Å². The van der Waals surface area contributed by atoms with E-state index in [2.05, 4.69) is 14.1 Å². The van der Waals surface area contributed by atoms with E-state index in [0.29, 0.717) is 17.6 Å². The molecule has 0 unspecified atom stereocenters. The van der Waals surface area contributed by atoms with Crippen LogP contribution in [-0.2, 0) is 4.74 Å². The first-order chi connectivity index (χ1) is 11.3. The van der Waals surface area contributed by atoms with Crippen molar-refractivity contribution in [2.75, 3.05) is 19.8 Å².